The van der Waals surface area contributed by atoms with E-state index in [9.17, 15) is 0 Å². The maximum atomic E-state index is 6.22. The lowest BCUT2D eigenvalue weighted by Gasteiger charge is -2.17. The topological polar surface area (TPSA) is 9.23 Å². The Kier molecular flexibility index (Phi) is 6.83. The molecule has 0 bridgehead atoms. The summed E-state index contributed by atoms with van der Waals surface area (Å²) in [5.74, 6) is 0. The third kappa shape index (κ3) is 4.76. The van der Waals surface area contributed by atoms with E-state index in [2.05, 4.69) is 46.9 Å². The van der Waals surface area contributed by atoms with Crippen LogP contribution >= 0.6 is 34.2 Å². The lowest BCUT2D eigenvalue weighted by atomic mass is 10.1. The van der Waals surface area contributed by atoms with E-state index in [-0.39, 0.29) is 6.10 Å². The zero-order valence-electron chi connectivity index (χ0n) is 11.3. The summed E-state index contributed by atoms with van der Waals surface area (Å²) < 4.78 is 6.90. The Bertz CT molecular complexity index is 515. The molecule has 0 saturated heterocycles. The number of hydrogen-bond donors (Lipinski definition) is 0. The van der Waals surface area contributed by atoms with Crippen LogP contribution in [0.4, 0.5) is 0 Å². The third-order valence-electron chi connectivity index (χ3n) is 3.16. The van der Waals surface area contributed by atoms with Gasteiger partial charge in [-0.1, -0.05) is 82.7 Å². The highest BCUT2D eigenvalue weighted by Gasteiger charge is 2.13. The van der Waals surface area contributed by atoms with Crippen LogP contribution in [0.1, 0.15) is 23.7 Å². The minimum Gasteiger partial charge on any atom is -0.373 e. The Balaban J connectivity index is 1.81. The lowest BCUT2D eigenvalue weighted by Crippen LogP contribution is -2.08. The molecule has 1 unspecified atom stereocenters. The molecule has 0 heterocycles. The Morgan fingerprint density at radius 3 is 2.40 bits per heavy atom. The molecular weight excluding hydrogens is 383 g/mol. The molecule has 0 radical (unpaired) electrons. The highest BCUT2D eigenvalue weighted by atomic mass is 127. The molecule has 0 aliphatic heterocycles. The van der Waals surface area contributed by atoms with Gasteiger partial charge in [0.05, 0.1) is 6.10 Å². The molecule has 0 saturated carbocycles. The fraction of sp³-hybridized carbons (Fsp3) is 0.294. The van der Waals surface area contributed by atoms with Crippen molar-refractivity contribution in [3.8, 4) is 0 Å². The Hall–Kier alpha value is -0.580. The van der Waals surface area contributed by atoms with Gasteiger partial charge in [0.1, 0.15) is 0 Å². The van der Waals surface area contributed by atoms with Crippen LogP contribution in [0, 0.1) is 0 Å². The van der Waals surface area contributed by atoms with Gasteiger partial charge in [-0.15, -0.1) is 0 Å². The summed E-state index contributed by atoms with van der Waals surface area (Å²) in [6.45, 7) is 0.758. The summed E-state index contributed by atoms with van der Waals surface area (Å²) in [5.41, 5.74) is 2.45. The molecular formula is C17H18ClIO. The lowest BCUT2D eigenvalue weighted by molar-refractivity contribution is 0.0694. The van der Waals surface area contributed by atoms with Gasteiger partial charge in [0.2, 0.25) is 0 Å². The van der Waals surface area contributed by atoms with Crippen LogP contribution in [-0.4, -0.2) is 11.0 Å². The third-order valence-corrected chi connectivity index (χ3v) is 4.31. The van der Waals surface area contributed by atoms with Crippen molar-refractivity contribution in [3.63, 3.8) is 0 Å². The molecule has 2 aromatic rings. The van der Waals surface area contributed by atoms with Gasteiger partial charge < -0.3 is 4.74 Å². The fourth-order valence-corrected chi connectivity index (χ4v) is 3.09. The number of hydrogen-bond acceptors (Lipinski definition) is 1. The molecule has 2 rings (SSSR count). The van der Waals surface area contributed by atoms with E-state index in [0.717, 1.165) is 34.5 Å². The predicted octanol–water partition coefficient (Wildman–Crippen LogP) is 5.47. The first-order valence-electron chi connectivity index (χ1n) is 6.77. The van der Waals surface area contributed by atoms with Gasteiger partial charge in [0, 0.05) is 21.6 Å². The monoisotopic (exact) mass is 400 g/mol. The highest BCUT2D eigenvalue weighted by molar-refractivity contribution is 14.1. The summed E-state index contributed by atoms with van der Waals surface area (Å²) >= 11 is 8.57. The number of aryl methyl sites for hydroxylation is 1. The zero-order valence-corrected chi connectivity index (χ0v) is 14.2. The van der Waals surface area contributed by atoms with Crippen molar-refractivity contribution in [2.24, 2.45) is 0 Å². The highest BCUT2D eigenvalue weighted by Crippen LogP contribution is 2.27. The SMILES string of the molecule is Clc1ccccc1C(CI)OCCCc1ccccc1. The molecule has 0 aliphatic carbocycles. The molecule has 1 nitrogen and oxygen atoms in total. The minimum absolute atomic E-state index is 0.0834. The van der Waals surface area contributed by atoms with Crippen molar-refractivity contribution in [2.45, 2.75) is 18.9 Å². The second-order valence-corrected chi connectivity index (χ2v) is 5.91. The molecule has 1 atom stereocenters. The quantitative estimate of drug-likeness (QED) is 0.340. The maximum Gasteiger partial charge on any atom is 0.0928 e. The van der Waals surface area contributed by atoms with E-state index in [1.807, 2.05) is 30.3 Å². The molecule has 0 spiro atoms. The second-order valence-electron chi connectivity index (χ2n) is 4.62. The first kappa shape index (κ1) is 15.8. The zero-order chi connectivity index (χ0) is 14.2. The molecule has 0 aromatic heterocycles. The normalized spacial score (nSPS) is 12.3. The fourth-order valence-electron chi connectivity index (χ4n) is 2.10. The van der Waals surface area contributed by atoms with E-state index in [1.165, 1.54) is 5.56 Å². The molecule has 0 fully saturated rings. The summed E-state index contributed by atoms with van der Waals surface area (Å²) in [4.78, 5) is 0. The average Bonchev–Trinajstić information content (AvgIpc) is 2.50. The van der Waals surface area contributed by atoms with Crippen molar-refractivity contribution in [2.75, 3.05) is 11.0 Å². The largest absolute Gasteiger partial charge is 0.373 e. The van der Waals surface area contributed by atoms with E-state index >= 15 is 0 Å². The van der Waals surface area contributed by atoms with Crippen LogP contribution in [0.2, 0.25) is 5.02 Å². The molecule has 3 heteroatoms. The summed E-state index contributed by atoms with van der Waals surface area (Å²) in [5, 5.41) is 0.789. The van der Waals surface area contributed by atoms with Crippen LogP contribution in [0.25, 0.3) is 0 Å². The van der Waals surface area contributed by atoms with Crippen LogP contribution < -0.4 is 0 Å². The van der Waals surface area contributed by atoms with E-state index in [0.29, 0.717) is 0 Å². The Labute approximate surface area is 139 Å². The van der Waals surface area contributed by atoms with E-state index in [4.69, 9.17) is 16.3 Å². The molecule has 2 aromatic carbocycles. The summed E-state index contributed by atoms with van der Waals surface area (Å²) in [7, 11) is 0. The molecule has 0 aliphatic rings. The van der Waals surface area contributed by atoms with E-state index in [1.54, 1.807) is 0 Å². The molecule has 0 N–H and O–H groups in total. The number of rotatable bonds is 7. The first-order valence-corrected chi connectivity index (χ1v) is 8.67. The van der Waals surface area contributed by atoms with Gasteiger partial charge in [0.15, 0.2) is 0 Å². The average molecular weight is 401 g/mol. The van der Waals surface area contributed by atoms with Gasteiger partial charge in [-0.2, -0.15) is 0 Å². The maximum absolute atomic E-state index is 6.22. The minimum atomic E-state index is 0.0834. The van der Waals surface area contributed by atoms with Gasteiger partial charge in [-0.25, -0.2) is 0 Å². The van der Waals surface area contributed by atoms with Crippen molar-refractivity contribution in [1.82, 2.24) is 0 Å². The van der Waals surface area contributed by atoms with Crippen LogP contribution in [0.5, 0.6) is 0 Å². The van der Waals surface area contributed by atoms with Crippen molar-refractivity contribution >= 4 is 34.2 Å². The molecule has 106 valence electrons. The van der Waals surface area contributed by atoms with Gasteiger partial charge in [-0.3, -0.25) is 0 Å². The van der Waals surface area contributed by atoms with Crippen molar-refractivity contribution < 1.29 is 4.74 Å². The van der Waals surface area contributed by atoms with Crippen molar-refractivity contribution in [3.05, 3.63) is 70.7 Å². The van der Waals surface area contributed by atoms with Gasteiger partial charge in [0.25, 0.3) is 0 Å². The number of halogens is 2. The summed E-state index contributed by atoms with van der Waals surface area (Å²) in [6, 6.07) is 18.4. The van der Waals surface area contributed by atoms with E-state index < -0.39 is 0 Å². The van der Waals surface area contributed by atoms with Crippen molar-refractivity contribution in [1.29, 1.82) is 0 Å². The predicted molar refractivity (Wildman–Crippen MR) is 93.8 cm³/mol. The van der Waals surface area contributed by atoms with Crippen LogP contribution in [-0.2, 0) is 11.2 Å². The molecule has 20 heavy (non-hydrogen) atoms. The Morgan fingerprint density at radius 2 is 1.70 bits per heavy atom. The standard InChI is InChI=1S/C17H18ClIO/c18-16-11-5-4-10-15(16)17(13-19)20-12-6-9-14-7-2-1-3-8-14/h1-5,7-8,10-11,17H,6,9,12-13H2. The summed E-state index contributed by atoms with van der Waals surface area (Å²) in [6.07, 6.45) is 2.17. The smallest absolute Gasteiger partial charge is 0.0928 e. The number of benzene rings is 2. The number of ether oxygens (including phenoxy) is 1. The number of alkyl halides is 1. The second kappa shape index (κ2) is 8.65. The Morgan fingerprint density at radius 1 is 1.00 bits per heavy atom. The van der Waals surface area contributed by atoms with Crippen LogP contribution in [0.3, 0.4) is 0 Å². The first-order chi connectivity index (χ1) is 9.81. The van der Waals surface area contributed by atoms with Gasteiger partial charge in [-0.05, 0) is 24.5 Å². The molecule has 0 amide bonds. The van der Waals surface area contributed by atoms with Gasteiger partial charge >= 0.3 is 0 Å². The van der Waals surface area contributed by atoms with Crippen LogP contribution in [0.15, 0.2) is 54.6 Å².